The number of benzene rings is 1. The van der Waals surface area contributed by atoms with Crippen molar-refractivity contribution in [1.29, 1.82) is 0 Å². The number of hydrogen-bond acceptors (Lipinski definition) is 5. The van der Waals surface area contributed by atoms with Gasteiger partial charge in [-0.1, -0.05) is 6.92 Å². The fourth-order valence-corrected chi connectivity index (χ4v) is 1.41. The largest absolute Gasteiger partial charge is 0.527 e. The lowest BCUT2D eigenvalue weighted by molar-refractivity contribution is -0.134. The van der Waals surface area contributed by atoms with Crippen molar-refractivity contribution in [2.75, 3.05) is 7.11 Å². The van der Waals surface area contributed by atoms with Gasteiger partial charge in [-0.05, 0) is 24.3 Å². The minimum Gasteiger partial charge on any atom is -0.427 e. The number of phosphoric acid groups is 1. The van der Waals surface area contributed by atoms with Gasteiger partial charge in [0.2, 0.25) is 0 Å². The van der Waals surface area contributed by atoms with Crippen LogP contribution in [0.15, 0.2) is 24.3 Å². The Balaban J connectivity index is 2.68. The van der Waals surface area contributed by atoms with E-state index < -0.39 is 7.82 Å². The Kier molecular flexibility index (Phi) is 4.69. The molecule has 0 amide bonds. The molecule has 1 rings (SSSR count). The molecule has 1 N–H and O–H groups in total. The average molecular weight is 260 g/mol. The number of hydrogen-bond donors (Lipinski definition) is 1. The molecular formula is C10H13O6P. The second-order valence-electron chi connectivity index (χ2n) is 3.04. The summed E-state index contributed by atoms with van der Waals surface area (Å²) in [6.45, 7) is 1.68. The van der Waals surface area contributed by atoms with Gasteiger partial charge in [0, 0.05) is 13.5 Å². The predicted molar refractivity (Wildman–Crippen MR) is 59.8 cm³/mol. The highest BCUT2D eigenvalue weighted by Gasteiger charge is 2.20. The van der Waals surface area contributed by atoms with Crippen LogP contribution in [0, 0.1) is 0 Å². The second-order valence-corrected chi connectivity index (χ2v) is 4.53. The number of esters is 1. The van der Waals surface area contributed by atoms with E-state index in [9.17, 15) is 9.36 Å². The van der Waals surface area contributed by atoms with Crippen LogP contribution in [0.25, 0.3) is 0 Å². The molecule has 17 heavy (non-hydrogen) atoms. The van der Waals surface area contributed by atoms with Gasteiger partial charge < -0.3 is 9.26 Å². The molecule has 1 aromatic carbocycles. The molecule has 0 saturated carbocycles. The topological polar surface area (TPSA) is 82.1 Å². The summed E-state index contributed by atoms with van der Waals surface area (Å²) in [6.07, 6.45) is 0.272. The molecule has 0 bridgehead atoms. The summed E-state index contributed by atoms with van der Waals surface area (Å²) in [5, 5.41) is 0. The molecular weight excluding hydrogens is 247 g/mol. The van der Waals surface area contributed by atoms with E-state index >= 15 is 0 Å². The normalized spacial score (nSPS) is 13.8. The van der Waals surface area contributed by atoms with E-state index in [4.69, 9.17) is 9.63 Å². The van der Waals surface area contributed by atoms with E-state index in [0.717, 1.165) is 7.11 Å². The summed E-state index contributed by atoms with van der Waals surface area (Å²) in [7, 11) is -2.98. The van der Waals surface area contributed by atoms with Crippen molar-refractivity contribution in [2.45, 2.75) is 13.3 Å². The Hall–Kier alpha value is -1.36. The van der Waals surface area contributed by atoms with E-state index in [1.54, 1.807) is 6.92 Å². The fourth-order valence-electron chi connectivity index (χ4n) is 0.943. The zero-order valence-corrected chi connectivity index (χ0v) is 10.3. The van der Waals surface area contributed by atoms with Crippen LogP contribution < -0.4 is 9.26 Å². The number of rotatable bonds is 5. The molecule has 0 radical (unpaired) electrons. The lowest BCUT2D eigenvalue weighted by Gasteiger charge is -2.10. The molecule has 1 unspecified atom stereocenters. The monoisotopic (exact) mass is 260 g/mol. The first-order valence-electron chi connectivity index (χ1n) is 4.85. The molecule has 1 aromatic rings. The molecule has 0 aliphatic carbocycles. The molecule has 0 heterocycles. The van der Waals surface area contributed by atoms with E-state index in [2.05, 4.69) is 9.05 Å². The van der Waals surface area contributed by atoms with Crippen LogP contribution in [0.3, 0.4) is 0 Å². The SMILES string of the molecule is CCC(=O)Oc1ccc(OP(=O)(O)OC)cc1. The molecule has 0 aliphatic rings. The van der Waals surface area contributed by atoms with Crippen molar-refractivity contribution in [3.05, 3.63) is 24.3 Å². The van der Waals surface area contributed by atoms with Gasteiger partial charge in [0.15, 0.2) is 0 Å². The minimum absolute atomic E-state index is 0.147. The zero-order valence-electron chi connectivity index (χ0n) is 9.45. The van der Waals surface area contributed by atoms with Gasteiger partial charge in [-0.3, -0.25) is 14.2 Å². The molecule has 1 atom stereocenters. The van der Waals surface area contributed by atoms with Crippen LogP contribution in [-0.4, -0.2) is 18.0 Å². The van der Waals surface area contributed by atoms with Crippen molar-refractivity contribution in [1.82, 2.24) is 0 Å². The lowest BCUT2D eigenvalue weighted by Crippen LogP contribution is -2.05. The summed E-state index contributed by atoms with van der Waals surface area (Å²) in [5.74, 6) is 0.131. The van der Waals surface area contributed by atoms with E-state index in [1.165, 1.54) is 24.3 Å². The average Bonchev–Trinajstić information content (AvgIpc) is 2.31. The Morgan fingerprint density at radius 2 is 1.82 bits per heavy atom. The van der Waals surface area contributed by atoms with Gasteiger partial charge in [0.1, 0.15) is 11.5 Å². The Morgan fingerprint density at radius 3 is 2.29 bits per heavy atom. The van der Waals surface area contributed by atoms with Crippen molar-refractivity contribution in [2.24, 2.45) is 0 Å². The molecule has 7 heteroatoms. The first-order chi connectivity index (χ1) is 7.96. The van der Waals surface area contributed by atoms with Crippen molar-refractivity contribution < 1.29 is 28.0 Å². The van der Waals surface area contributed by atoms with Crippen LogP contribution in [-0.2, 0) is 13.9 Å². The van der Waals surface area contributed by atoms with Gasteiger partial charge >= 0.3 is 13.8 Å². The predicted octanol–water partition coefficient (Wildman–Crippen LogP) is 2.13. The smallest absolute Gasteiger partial charge is 0.427 e. The number of phosphoric ester groups is 1. The third-order valence-corrected chi connectivity index (χ3v) is 2.70. The van der Waals surface area contributed by atoms with Gasteiger partial charge in [-0.2, -0.15) is 0 Å². The molecule has 0 aromatic heterocycles. The second kappa shape index (κ2) is 5.82. The van der Waals surface area contributed by atoms with Crippen molar-refractivity contribution in [3.63, 3.8) is 0 Å². The first kappa shape index (κ1) is 13.7. The Morgan fingerprint density at radius 1 is 1.29 bits per heavy atom. The standard InChI is InChI=1S/C10H13O6P/c1-3-10(11)15-8-4-6-9(7-5-8)16-17(12,13)14-2/h4-7H,3H2,1-2H3,(H,12,13). The molecule has 6 nitrogen and oxygen atoms in total. The first-order valence-corrected chi connectivity index (χ1v) is 6.35. The van der Waals surface area contributed by atoms with Crippen LogP contribution in [0.2, 0.25) is 0 Å². The molecule has 0 fully saturated rings. The van der Waals surface area contributed by atoms with Crippen LogP contribution in [0.1, 0.15) is 13.3 Å². The highest BCUT2D eigenvalue weighted by molar-refractivity contribution is 7.47. The third-order valence-electron chi connectivity index (χ3n) is 1.80. The van der Waals surface area contributed by atoms with Gasteiger partial charge in [-0.15, -0.1) is 0 Å². The van der Waals surface area contributed by atoms with E-state index in [-0.39, 0.29) is 18.1 Å². The van der Waals surface area contributed by atoms with Gasteiger partial charge in [0.05, 0.1) is 0 Å². The van der Waals surface area contributed by atoms with Crippen molar-refractivity contribution in [3.8, 4) is 11.5 Å². The maximum Gasteiger partial charge on any atom is 0.527 e. The summed E-state index contributed by atoms with van der Waals surface area (Å²) >= 11 is 0. The maximum atomic E-state index is 11.1. The van der Waals surface area contributed by atoms with E-state index in [1.807, 2.05) is 0 Å². The highest BCUT2D eigenvalue weighted by atomic mass is 31.2. The molecule has 0 spiro atoms. The van der Waals surface area contributed by atoms with E-state index in [0.29, 0.717) is 5.75 Å². The summed E-state index contributed by atoms with van der Waals surface area (Å²) < 4.78 is 24.9. The summed E-state index contributed by atoms with van der Waals surface area (Å²) in [6, 6.07) is 5.72. The maximum absolute atomic E-state index is 11.1. The number of carbonyl (C=O) groups excluding carboxylic acids is 1. The fraction of sp³-hybridized carbons (Fsp3) is 0.300. The number of ether oxygens (including phenoxy) is 1. The van der Waals surface area contributed by atoms with Gasteiger partial charge in [-0.25, -0.2) is 4.57 Å². The molecule has 94 valence electrons. The minimum atomic E-state index is -4.05. The van der Waals surface area contributed by atoms with Crippen LogP contribution in [0.4, 0.5) is 0 Å². The number of carbonyl (C=O) groups is 1. The Labute approximate surface area is 98.7 Å². The third kappa shape index (κ3) is 4.56. The van der Waals surface area contributed by atoms with Crippen LogP contribution >= 0.6 is 7.82 Å². The zero-order chi connectivity index (χ0) is 12.9. The Bertz CT molecular complexity index is 427. The van der Waals surface area contributed by atoms with Gasteiger partial charge in [0.25, 0.3) is 0 Å². The summed E-state index contributed by atoms with van der Waals surface area (Å²) in [4.78, 5) is 20.0. The molecule has 0 saturated heterocycles. The highest BCUT2D eigenvalue weighted by Crippen LogP contribution is 2.42. The van der Waals surface area contributed by atoms with Crippen LogP contribution in [0.5, 0.6) is 11.5 Å². The molecule has 0 aliphatic heterocycles. The lowest BCUT2D eigenvalue weighted by atomic mass is 10.3. The van der Waals surface area contributed by atoms with Crippen molar-refractivity contribution >= 4 is 13.8 Å². The quantitative estimate of drug-likeness (QED) is 0.496. The summed E-state index contributed by atoms with van der Waals surface area (Å²) in [5.41, 5.74) is 0.